The van der Waals surface area contributed by atoms with E-state index in [1.165, 1.54) is 22.3 Å². The molecule has 0 saturated heterocycles. The summed E-state index contributed by atoms with van der Waals surface area (Å²) in [6.45, 7) is 16.2. The number of aromatic nitrogens is 1. The molecule has 0 aliphatic heterocycles. The van der Waals surface area contributed by atoms with Crippen LogP contribution in [-0.4, -0.2) is 4.98 Å². The van der Waals surface area contributed by atoms with Crippen LogP contribution in [0.1, 0.15) is 58.5 Å². The molecule has 2 aliphatic carbocycles. The number of halogens is 1. The molecule has 2 aliphatic rings. The number of aryl methyl sites for hydroxylation is 3. The Morgan fingerprint density at radius 1 is 0.941 bits per heavy atom. The maximum Gasteiger partial charge on any atom is 0.126 e. The van der Waals surface area contributed by atoms with Crippen molar-refractivity contribution in [2.75, 3.05) is 0 Å². The molecule has 1 nitrogen and oxygen atoms in total. The summed E-state index contributed by atoms with van der Waals surface area (Å²) in [4.78, 5) is 4.48. The van der Waals surface area contributed by atoms with Crippen molar-refractivity contribution in [3.8, 4) is 0 Å². The summed E-state index contributed by atoms with van der Waals surface area (Å²) in [7, 11) is 0. The van der Waals surface area contributed by atoms with Gasteiger partial charge < -0.3 is 0 Å². The van der Waals surface area contributed by atoms with E-state index in [1.807, 2.05) is 25.3 Å². The first kappa shape index (κ1) is 23.6. The largest absolute Gasteiger partial charge is 0.260 e. The predicted octanol–water partition coefficient (Wildman–Crippen LogP) is 8.15. The van der Waals surface area contributed by atoms with Gasteiger partial charge in [-0.1, -0.05) is 56.5 Å². The molecule has 34 heavy (non-hydrogen) atoms. The Hall–Kier alpha value is -3.52. The summed E-state index contributed by atoms with van der Waals surface area (Å²) in [5.41, 5.74) is 13.5. The second-order valence-corrected chi connectivity index (χ2v) is 9.17. The molecule has 1 heterocycles. The quantitative estimate of drug-likeness (QED) is 0.385. The van der Waals surface area contributed by atoms with Crippen LogP contribution in [0.2, 0.25) is 0 Å². The highest BCUT2D eigenvalue weighted by Crippen LogP contribution is 2.38. The van der Waals surface area contributed by atoms with Gasteiger partial charge >= 0.3 is 0 Å². The average molecular weight is 450 g/mol. The number of pyridine rings is 1. The first-order valence-corrected chi connectivity index (χ1v) is 11.9. The molecule has 0 amide bonds. The lowest BCUT2D eigenvalue weighted by molar-refractivity contribution is 0.617. The van der Waals surface area contributed by atoms with Crippen LogP contribution in [0.25, 0.3) is 11.1 Å². The van der Waals surface area contributed by atoms with Gasteiger partial charge in [-0.15, -0.1) is 0 Å². The fraction of sp³-hybridized carbons (Fsp3) is 0.219. The molecular formula is C32H32FN. The Morgan fingerprint density at radius 3 is 2.50 bits per heavy atom. The second kappa shape index (κ2) is 9.77. The van der Waals surface area contributed by atoms with Gasteiger partial charge in [-0.05, 0) is 107 Å². The topological polar surface area (TPSA) is 12.9 Å². The number of hydrogen-bond acceptors (Lipinski definition) is 1. The van der Waals surface area contributed by atoms with E-state index in [2.05, 4.69) is 68.4 Å². The molecule has 5 rings (SSSR count). The average Bonchev–Trinajstić information content (AvgIpc) is 2.83. The molecule has 3 aromatic rings. The molecule has 0 radical (unpaired) electrons. The number of rotatable bonds is 2. The fourth-order valence-corrected chi connectivity index (χ4v) is 4.66. The molecule has 0 unspecified atom stereocenters. The smallest absolute Gasteiger partial charge is 0.126 e. The van der Waals surface area contributed by atoms with Crippen LogP contribution in [0.15, 0.2) is 85.1 Å². The van der Waals surface area contributed by atoms with Crippen molar-refractivity contribution in [2.24, 2.45) is 0 Å². The third-order valence-electron chi connectivity index (χ3n) is 6.81. The Kier molecular flexibility index (Phi) is 6.79. The van der Waals surface area contributed by atoms with E-state index in [-0.39, 0.29) is 5.82 Å². The minimum absolute atomic E-state index is 0.157. The number of hydrogen-bond donors (Lipinski definition) is 0. The maximum atomic E-state index is 13.8. The Labute approximate surface area is 203 Å². The summed E-state index contributed by atoms with van der Waals surface area (Å²) in [5, 5.41) is 0. The SMILES string of the molecule is C=C1C=CCc2ccc(CC)cc21.C=C1Cc2ncccc2C(c2cc(C)c(F)cc2C)=C1C. The standard InChI is InChI=1S/C19H18FN.C13H14/c1-11-10-18-15(6-5-7-21-18)19(14(11)4)16-8-13(3)17(20)9-12(16)2;1-3-11-7-8-12-6-4-5-10(2)13(12)9-11/h5-9H,1,10H2,2-4H3;4-5,7-9H,2-3,6H2,1H3. The maximum absolute atomic E-state index is 13.8. The van der Waals surface area contributed by atoms with Crippen molar-refractivity contribution < 1.29 is 4.39 Å². The Morgan fingerprint density at radius 2 is 1.74 bits per heavy atom. The third kappa shape index (κ3) is 4.59. The second-order valence-electron chi connectivity index (χ2n) is 9.17. The lowest BCUT2D eigenvalue weighted by Gasteiger charge is -2.24. The Bertz CT molecular complexity index is 1350. The highest BCUT2D eigenvalue weighted by molar-refractivity contribution is 5.88. The van der Waals surface area contributed by atoms with Crippen molar-refractivity contribution in [2.45, 2.75) is 47.0 Å². The summed E-state index contributed by atoms with van der Waals surface area (Å²) in [6, 6.07) is 14.3. The van der Waals surface area contributed by atoms with Gasteiger partial charge in [0.2, 0.25) is 0 Å². The molecule has 1 aromatic heterocycles. The van der Waals surface area contributed by atoms with Gasteiger partial charge in [0.05, 0.1) is 5.69 Å². The van der Waals surface area contributed by atoms with E-state index in [1.54, 1.807) is 13.0 Å². The van der Waals surface area contributed by atoms with Crippen LogP contribution in [0, 0.1) is 19.7 Å². The molecule has 0 spiro atoms. The van der Waals surface area contributed by atoms with Crippen LogP contribution in [0.3, 0.4) is 0 Å². The molecule has 2 aromatic carbocycles. The zero-order chi connectivity index (χ0) is 24.4. The van der Waals surface area contributed by atoms with E-state index in [0.717, 1.165) is 58.4 Å². The van der Waals surface area contributed by atoms with Crippen LogP contribution in [0.5, 0.6) is 0 Å². The lowest BCUT2D eigenvalue weighted by Crippen LogP contribution is -2.10. The number of fused-ring (bicyclic) bond motifs is 2. The van der Waals surface area contributed by atoms with Gasteiger partial charge in [0.15, 0.2) is 0 Å². The molecule has 0 saturated carbocycles. The molecule has 0 bridgehead atoms. The molecule has 0 fully saturated rings. The van der Waals surface area contributed by atoms with E-state index in [4.69, 9.17) is 0 Å². The van der Waals surface area contributed by atoms with Crippen molar-refractivity contribution in [3.05, 3.63) is 136 Å². The third-order valence-corrected chi connectivity index (χ3v) is 6.81. The van der Waals surface area contributed by atoms with Crippen molar-refractivity contribution >= 4 is 11.1 Å². The van der Waals surface area contributed by atoms with Gasteiger partial charge in [-0.2, -0.15) is 0 Å². The predicted molar refractivity (Wildman–Crippen MR) is 142 cm³/mol. The summed E-state index contributed by atoms with van der Waals surface area (Å²) in [5.74, 6) is -0.157. The number of nitrogens with zero attached hydrogens (tertiary/aromatic N) is 1. The molecule has 172 valence electrons. The number of benzene rings is 2. The van der Waals surface area contributed by atoms with Crippen molar-refractivity contribution in [1.82, 2.24) is 4.98 Å². The van der Waals surface area contributed by atoms with Gasteiger partial charge in [-0.3, -0.25) is 4.98 Å². The van der Waals surface area contributed by atoms with Crippen LogP contribution in [0.4, 0.5) is 4.39 Å². The van der Waals surface area contributed by atoms with E-state index < -0.39 is 0 Å². The first-order valence-electron chi connectivity index (χ1n) is 11.9. The van der Waals surface area contributed by atoms with Crippen molar-refractivity contribution in [1.29, 1.82) is 0 Å². The molecule has 0 N–H and O–H groups in total. The van der Waals surface area contributed by atoms with E-state index >= 15 is 0 Å². The zero-order valence-corrected chi connectivity index (χ0v) is 20.6. The summed E-state index contributed by atoms with van der Waals surface area (Å²) < 4.78 is 13.8. The van der Waals surface area contributed by atoms with Gasteiger partial charge in [0.25, 0.3) is 0 Å². The molecular weight excluding hydrogens is 417 g/mol. The summed E-state index contributed by atoms with van der Waals surface area (Å²) >= 11 is 0. The first-order chi connectivity index (χ1) is 16.3. The van der Waals surface area contributed by atoms with E-state index in [9.17, 15) is 4.39 Å². The normalized spacial score (nSPS) is 14.4. The van der Waals surface area contributed by atoms with Gasteiger partial charge in [0.1, 0.15) is 5.82 Å². The molecule has 0 atom stereocenters. The van der Waals surface area contributed by atoms with Crippen LogP contribution in [-0.2, 0) is 19.3 Å². The lowest BCUT2D eigenvalue weighted by atomic mass is 9.81. The fourth-order valence-electron chi connectivity index (χ4n) is 4.66. The summed E-state index contributed by atoms with van der Waals surface area (Å²) in [6.07, 6.45) is 9.04. The van der Waals surface area contributed by atoms with Crippen LogP contribution < -0.4 is 0 Å². The Balaban J connectivity index is 0.000000180. The highest BCUT2D eigenvalue weighted by Gasteiger charge is 2.22. The zero-order valence-electron chi connectivity index (χ0n) is 20.6. The minimum Gasteiger partial charge on any atom is -0.260 e. The monoisotopic (exact) mass is 449 g/mol. The molecule has 2 heteroatoms. The van der Waals surface area contributed by atoms with E-state index in [0.29, 0.717) is 5.56 Å². The van der Waals surface area contributed by atoms with Crippen molar-refractivity contribution in [3.63, 3.8) is 0 Å². The van der Waals surface area contributed by atoms with Gasteiger partial charge in [-0.25, -0.2) is 4.39 Å². The minimum atomic E-state index is -0.157. The number of allylic oxidation sites excluding steroid dienone is 5. The van der Waals surface area contributed by atoms with Gasteiger partial charge in [0, 0.05) is 18.2 Å². The van der Waals surface area contributed by atoms with Crippen LogP contribution >= 0.6 is 0 Å². The highest BCUT2D eigenvalue weighted by atomic mass is 19.1.